The van der Waals surface area contributed by atoms with E-state index >= 15 is 0 Å². The molecular weight excluding hydrogens is 158 g/mol. The Morgan fingerprint density at radius 2 is 1.73 bits per heavy atom. The zero-order chi connectivity index (χ0) is 9.02. The minimum absolute atomic E-state index is 0.199. The van der Waals surface area contributed by atoms with Gasteiger partial charge < -0.3 is 0 Å². The van der Waals surface area contributed by atoms with Crippen LogP contribution in [0, 0.1) is 11.8 Å². The lowest BCUT2D eigenvalue weighted by atomic mass is 9.87. The third kappa shape index (κ3) is 3.51. The van der Waals surface area contributed by atoms with Crippen LogP contribution in [-0.2, 0) is 0 Å². The van der Waals surface area contributed by atoms with Crippen LogP contribution in [0.2, 0.25) is 0 Å². The van der Waals surface area contributed by atoms with Gasteiger partial charge in [-0.3, -0.25) is 0 Å². The first-order chi connectivity index (χ1) is 5.00. The summed E-state index contributed by atoms with van der Waals surface area (Å²) < 4.78 is 13.0. The van der Waals surface area contributed by atoms with Crippen molar-refractivity contribution >= 4 is 9.24 Å². The van der Waals surface area contributed by atoms with E-state index in [0.717, 1.165) is 6.42 Å². The highest BCUT2D eigenvalue weighted by molar-refractivity contribution is 7.17. The molecule has 0 amide bonds. The summed E-state index contributed by atoms with van der Waals surface area (Å²) in [6, 6.07) is 0. The Hall–Kier alpha value is 0.360. The summed E-state index contributed by atoms with van der Waals surface area (Å²) in [6.07, 6.45) is 0.361. The molecule has 0 aliphatic carbocycles. The maximum absolute atomic E-state index is 13.0. The lowest BCUT2D eigenvalue weighted by Gasteiger charge is -2.27. The lowest BCUT2D eigenvalue weighted by Crippen LogP contribution is -2.27. The predicted octanol–water partition coefficient (Wildman–Crippen LogP) is 3.27. The standard InChI is InChI=1S/C9H20FP/c1-5-8(11)9(6(2)3)7(4)10/h6-9H,5,11H2,1-4H3. The molecule has 0 saturated heterocycles. The van der Waals surface area contributed by atoms with Crippen molar-refractivity contribution < 1.29 is 4.39 Å². The summed E-state index contributed by atoms with van der Waals surface area (Å²) in [7, 11) is 2.75. The molecular formula is C9H20FP. The van der Waals surface area contributed by atoms with Crippen molar-refractivity contribution in [3.63, 3.8) is 0 Å². The van der Waals surface area contributed by atoms with Crippen LogP contribution in [0.15, 0.2) is 0 Å². The van der Waals surface area contributed by atoms with Gasteiger partial charge in [0, 0.05) is 0 Å². The third-order valence-corrected chi connectivity index (χ3v) is 3.18. The normalized spacial score (nSPS) is 19.9. The topological polar surface area (TPSA) is 0 Å². The number of rotatable bonds is 4. The fraction of sp³-hybridized carbons (Fsp3) is 1.00. The first-order valence-electron chi connectivity index (χ1n) is 4.40. The molecule has 0 heterocycles. The average molecular weight is 178 g/mol. The van der Waals surface area contributed by atoms with E-state index in [-0.39, 0.29) is 5.92 Å². The molecule has 0 aliphatic rings. The van der Waals surface area contributed by atoms with E-state index in [1.807, 2.05) is 0 Å². The van der Waals surface area contributed by atoms with Crippen molar-refractivity contribution in [2.45, 2.75) is 45.9 Å². The number of hydrogen-bond donors (Lipinski definition) is 0. The van der Waals surface area contributed by atoms with Crippen molar-refractivity contribution in [3.05, 3.63) is 0 Å². The first kappa shape index (κ1) is 11.4. The minimum atomic E-state index is -0.683. The quantitative estimate of drug-likeness (QED) is 0.579. The van der Waals surface area contributed by atoms with Crippen LogP contribution in [0.1, 0.15) is 34.1 Å². The van der Waals surface area contributed by atoms with Gasteiger partial charge in [0.2, 0.25) is 0 Å². The van der Waals surface area contributed by atoms with Crippen LogP contribution in [0.4, 0.5) is 4.39 Å². The fourth-order valence-electron chi connectivity index (χ4n) is 1.64. The molecule has 0 N–H and O–H groups in total. The number of alkyl halides is 1. The van der Waals surface area contributed by atoms with E-state index in [2.05, 4.69) is 30.0 Å². The van der Waals surface area contributed by atoms with E-state index in [9.17, 15) is 4.39 Å². The predicted molar refractivity (Wildman–Crippen MR) is 52.7 cm³/mol. The Balaban J connectivity index is 4.09. The summed E-state index contributed by atoms with van der Waals surface area (Å²) in [6.45, 7) is 7.95. The van der Waals surface area contributed by atoms with E-state index in [1.54, 1.807) is 6.92 Å². The van der Waals surface area contributed by atoms with E-state index in [1.165, 1.54) is 0 Å². The van der Waals surface area contributed by atoms with E-state index < -0.39 is 6.17 Å². The second-order valence-electron chi connectivity index (χ2n) is 3.57. The molecule has 0 fully saturated rings. The Morgan fingerprint density at radius 1 is 1.27 bits per heavy atom. The summed E-state index contributed by atoms with van der Waals surface area (Å²) in [5.41, 5.74) is 0.426. The average Bonchev–Trinajstić information content (AvgIpc) is 1.85. The molecule has 4 unspecified atom stereocenters. The van der Waals surface area contributed by atoms with Crippen LogP contribution >= 0.6 is 9.24 Å². The maximum atomic E-state index is 13.0. The van der Waals surface area contributed by atoms with Gasteiger partial charge in [-0.2, -0.15) is 0 Å². The molecule has 0 saturated carbocycles. The molecule has 0 aromatic heterocycles. The van der Waals surface area contributed by atoms with Gasteiger partial charge in [-0.05, 0) is 30.8 Å². The van der Waals surface area contributed by atoms with Gasteiger partial charge in [0.25, 0.3) is 0 Å². The highest BCUT2D eigenvalue weighted by Crippen LogP contribution is 2.28. The smallest absolute Gasteiger partial charge is 0.101 e. The SMILES string of the molecule is CCC(P)C(C(C)C)C(C)F. The zero-order valence-electron chi connectivity index (χ0n) is 7.97. The zero-order valence-corrected chi connectivity index (χ0v) is 9.13. The summed E-state index contributed by atoms with van der Waals surface area (Å²) in [5.74, 6) is 0.641. The van der Waals surface area contributed by atoms with Crippen LogP contribution < -0.4 is 0 Å². The minimum Gasteiger partial charge on any atom is -0.247 e. The summed E-state index contributed by atoms with van der Waals surface area (Å²) >= 11 is 0. The molecule has 68 valence electrons. The maximum Gasteiger partial charge on any atom is 0.101 e. The van der Waals surface area contributed by atoms with Crippen LogP contribution in [-0.4, -0.2) is 11.8 Å². The van der Waals surface area contributed by atoms with Crippen molar-refractivity contribution in [2.75, 3.05) is 0 Å². The Kier molecular flexibility index (Phi) is 5.25. The van der Waals surface area contributed by atoms with Gasteiger partial charge in [-0.1, -0.05) is 20.8 Å². The van der Waals surface area contributed by atoms with Crippen molar-refractivity contribution in [1.29, 1.82) is 0 Å². The second-order valence-corrected chi connectivity index (χ2v) is 4.43. The Bertz CT molecular complexity index is 93.7. The number of hydrogen-bond acceptors (Lipinski definition) is 0. The van der Waals surface area contributed by atoms with Crippen LogP contribution in [0.3, 0.4) is 0 Å². The molecule has 0 bridgehead atoms. The van der Waals surface area contributed by atoms with Gasteiger partial charge in [-0.25, -0.2) is 4.39 Å². The molecule has 4 atom stereocenters. The van der Waals surface area contributed by atoms with Crippen LogP contribution in [0.25, 0.3) is 0 Å². The van der Waals surface area contributed by atoms with Crippen molar-refractivity contribution in [2.24, 2.45) is 11.8 Å². The Morgan fingerprint density at radius 3 is 1.82 bits per heavy atom. The highest BCUT2D eigenvalue weighted by atomic mass is 31.0. The third-order valence-electron chi connectivity index (χ3n) is 2.27. The molecule has 0 nitrogen and oxygen atoms in total. The Labute approximate surface area is 72.2 Å². The molecule has 0 aromatic rings. The first-order valence-corrected chi connectivity index (χ1v) is 5.07. The molecule has 11 heavy (non-hydrogen) atoms. The largest absolute Gasteiger partial charge is 0.247 e. The summed E-state index contributed by atoms with van der Waals surface area (Å²) in [4.78, 5) is 0. The molecule has 0 aromatic carbocycles. The van der Waals surface area contributed by atoms with Gasteiger partial charge in [-0.15, -0.1) is 9.24 Å². The monoisotopic (exact) mass is 178 g/mol. The van der Waals surface area contributed by atoms with E-state index in [4.69, 9.17) is 0 Å². The fourth-order valence-corrected chi connectivity index (χ4v) is 2.39. The molecule has 2 heteroatoms. The number of halogens is 1. The van der Waals surface area contributed by atoms with Crippen LogP contribution in [0.5, 0.6) is 0 Å². The molecule has 0 aliphatic heterocycles. The van der Waals surface area contributed by atoms with Gasteiger partial charge in [0.1, 0.15) is 6.17 Å². The lowest BCUT2D eigenvalue weighted by molar-refractivity contribution is 0.191. The van der Waals surface area contributed by atoms with Gasteiger partial charge in [0.15, 0.2) is 0 Å². The molecule has 0 radical (unpaired) electrons. The van der Waals surface area contributed by atoms with Gasteiger partial charge in [0.05, 0.1) is 0 Å². The second kappa shape index (κ2) is 5.09. The molecule has 0 rings (SSSR count). The van der Waals surface area contributed by atoms with E-state index in [0.29, 0.717) is 11.6 Å². The highest BCUT2D eigenvalue weighted by Gasteiger charge is 2.25. The molecule has 0 spiro atoms. The van der Waals surface area contributed by atoms with Crippen molar-refractivity contribution in [1.82, 2.24) is 0 Å². The van der Waals surface area contributed by atoms with Crippen molar-refractivity contribution in [3.8, 4) is 0 Å². The summed E-state index contributed by atoms with van der Waals surface area (Å²) in [5, 5.41) is 0. The van der Waals surface area contributed by atoms with Gasteiger partial charge >= 0.3 is 0 Å².